The summed E-state index contributed by atoms with van der Waals surface area (Å²) in [4.78, 5) is 18.4. The maximum absolute atomic E-state index is 12.2. The van der Waals surface area contributed by atoms with Crippen LogP contribution in [0.25, 0.3) is 0 Å². The number of aryl methyl sites for hydroxylation is 1. The van der Waals surface area contributed by atoms with Crippen LogP contribution in [0.4, 0.5) is 10.5 Å². The van der Waals surface area contributed by atoms with Gasteiger partial charge in [-0.3, -0.25) is 9.67 Å². The zero-order chi connectivity index (χ0) is 19.6. The number of aromatic nitrogens is 2. The largest absolute Gasteiger partial charge is 0.356 e. The summed E-state index contributed by atoms with van der Waals surface area (Å²) < 4.78 is 1.92. The summed E-state index contributed by atoms with van der Waals surface area (Å²) in [7, 11) is 1.76. The number of amides is 2. The van der Waals surface area contributed by atoms with Crippen LogP contribution in [0.15, 0.2) is 47.7 Å². The number of anilines is 1. The monoisotopic (exact) mass is 511 g/mol. The Morgan fingerprint density at radius 2 is 2.03 bits per heavy atom. The van der Waals surface area contributed by atoms with Gasteiger partial charge in [0.2, 0.25) is 0 Å². The number of hydrogen-bond donors (Lipinski definition) is 3. The van der Waals surface area contributed by atoms with Crippen LogP contribution >= 0.6 is 24.0 Å². The highest BCUT2D eigenvalue weighted by Crippen LogP contribution is 2.14. The highest BCUT2D eigenvalue weighted by atomic mass is 127. The lowest BCUT2D eigenvalue weighted by atomic mass is 10.2. The molecular weight excluding hydrogens is 481 g/mol. The van der Waals surface area contributed by atoms with Crippen LogP contribution in [-0.2, 0) is 13.1 Å². The lowest BCUT2D eigenvalue weighted by Gasteiger charge is -2.17. The van der Waals surface area contributed by atoms with E-state index in [1.165, 1.54) is 0 Å². The van der Waals surface area contributed by atoms with Gasteiger partial charge in [-0.05, 0) is 43.0 Å². The van der Waals surface area contributed by atoms with Crippen molar-refractivity contribution in [2.75, 3.05) is 32.0 Å². The summed E-state index contributed by atoms with van der Waals surface area (Å²) in [6, 6.07) is 9.80. The highest BCUT2D eigenvalue weighted by molar-refractivity contribution is 14.0. The van der Waals surface area contributed by atoms with E-state index in [1.54, 1.807) is 13.2 Å². The Morgan fingerprint density at radius 1 is 1.21 bits per heavy atom. The fourth-order valence-electron chi connectivity index (χ4n) is 3.17. The Balaban J connectivity index is 0.00000300. The van der Waals surface area contributed by atoms with Crippen LogP contribution in [0.1, 0.15) is 24.8 Å². The molecule has 2 amide bonds. The molecule has 0 atom stereocenters. The van der Waals surface area contributed by atoms with Crippen molar-refractivity contribution in [2.24, 2.45) is 4.99 Å². The molecule has 29 heavy (non-hydrogen) atoms. The number of urea groups is 1. The van der Waals surface area contributed by atoms with E-state index in [9.17, 15) is 4.79 Å². The number of aliphatic imine (C=N–C) groups is 1. The number of guanidine groups is 1. The smallest absolute Gasteiger partial charge is 0.321 e. The fourth-order valence-corrected chi connectivity index (χ4v) is 3.17. The standard InChI is InChI=1S/C20H29N7O.HI/c1-21-19(22-9-5-13-27-14-6-10-24-27)23-16-17-7-4-8-18(15-17)25-20(28)26-11-2-3-12-26;/h4,6-8,10,14-15H,2-3,5,9,11-13,16H2,1H3,(H,25,28)(H2,21,22,23);1H. The summed E-state index contributed by atoms with van der Waals surface area (Å²) in [6.07, 6.45) is 6.88. The molecule has 1 saturated heterocycles. The van der Waals surface area contributed by atoms with Gasteiger partial charge >= 0.3 is 6.03 Å². The lowest BCUT2D eigenvalue weighted by Crippen LogP contribution is -2.37. The van der Waals surface area contributed by atoms with Crippen LogP contribution < -0.4 is 16.0 Å². The van der Waals surface area contributed by atoms with Crippen molar-refractivity contribution in [3.05, 3.63) is 48.3 Å². The molecule has 1 fully saturated rings. The Morgan fingerprint density at radius 3 is 2.76 bits per heavy atom. The van der Waals surface area contributed by atoms with Gasteiger partial charge in [-0.1, -0.05) is 12.1 Å². The number of benzene rings is 1. The Bertz CT molecular complexity index is 773. The number of likely N-dealkylation sites (tertiary alicyclic amines) is 1. The molecule has 1 aliphatic rings. The molecule has 3 rings (SSSR count). The molecule has 3 N–H and O–H groups in total. The molecule has 1 aliphatic heterocycles. The van der Waals surface area contributed by atoms with Crippen LogP contribution in [0.5, 0.6) is 0 Å². The summed E-state index contributed by atoms with van der Waals surface area (Å²) in [6.45, 7) is 4.00. The molecule has 0 unspecified atom stereocenters. The number of halogens is 1. The molecule has 8 nitrogen and oxygen atoms in total. The summed E-state index contributed by atoms with van der Waals surface area (Å²) in [5.41, 5.74) is 1.90. The normalized spacial score (nSPS) is 13.7. The van der Waals surface area contributed by atoms with Gasteiger partial charge in [-0.15, -0.1) is 24.0 Å². The Labute approximate surface area is 189 Å². The molecular formula is C20H30IN7O. The second-order valence-electron chi connectivity index (χ2n) is 6.80. The van der Waals surface area contributed by atoms with Crippen molar-refractivity contribution in [3.8, 4) is 0 Å². The summed E-state index contributed by atoms with van der Waals surface area (Å²) >= 11 is 0. The number of hydrogen-bond acceptors (Lipinski definition) is 3. The second-order valence-corrected chi connectivity index (χ2v) is 6.80. The first kappa shape index (κ1) is 23.0. The molecule has 2 heterocycles. The number of nitrogens with zero attached hydrogens (tertiary/aromatic N) is 4. The molecule has 1 aromatic carbocycles. The maximum atomic E-state index is 12.2. The average molecular weight is 511 g/mol. The van der Waals surface area contributed by atoms with E-state index in [0.29, 0.717) is 6.54 Å². The van der Waals surface area contributed by atoms with E-state index in [4.69, 9.17) is 0 Å². The predicted octanol–water partition coefficient (Wildman–Crippen LogP) is 2.88. The topological polar surface area (TPSA) is 86.6 Å². The van der Waals surface area contributed by atoms with Crippen molar-refractivity contribution in [3.63, 3.8) is 0 Å². The highest BCUT2D eigenvalue weighted by Gasteiger charge is 2.17. The maximum Gasteiger partial charge on any atom is 0.321 e. The van der Waals surface area contributed by atoms with Crippen LogP contribution in [-0.4, -0.2) is 53.4 Å². The van der Waals surface area contributed by atoms with Crippen LogP contribution in [0, 0.1) is 0 Å². The van der Waals surface area contributed by atoms with E-state index in [2.05, 4.69) is 26.0 Å². The Kier molecular flexibility index (Phi) is 9.75. The lowest BCUT2D eigenvalue weighted by molar-refractivity contribution is 0.222. The predicted molar refractivity (Wildman–Crippen MR) is 127 cm³/mol. The molecule has 0 aliphatic carbocycles. The van der Waals surface area contributed by atoms with Crippen LogP contribution in [0.3, 0.4) is 0 Å². The van der Waals surface area contributed by atoms with Gasteiger partial charge in [0, 0.05) is 57.9 Å². The molecule has 0 bridgehead atoms. The first-order valence-corrected chi connectivity index (χ1v) is 9.81. The Hall–Kier alpha value is -2.30. The first-order valence-electron chi connectivity index (χ1n) is 9.81. The van der Waals surface area contributed by atoms with Gasteiger partial charge in [0.05, 0.1) is 0 Å². The van der Waals surface area contributed by atoms with Gasteiger partial charge in [-0.2, -0.15) is 5.10 Å². The molecule has 0 saturated carbocycles. The van der Waals surface area contributed by atoms with Crippen molar-refractivity contribution in [2.45, 2.75) is 32.4 Å². The fraction of sp³-hybridized carbons (Fsp3) is 0.450. The minimum absolute atomic E-state index is 0. The van der Waals surface area contributed by atoms with Gasteiger partial charge in [-0.25, -0.2) is 4.79 Å². The molecule has 0 radical (unpaired) electrons. The number of carbonyl (C=O) groups is 1. The molecule has 1 aromatic heterocycles. The molecule has 9 heteroatoms. The van der Waals surface area contributed by atoms with Crippen LogP contribution in [0.2, 0.25) is 0 Å². The first-order chi connectivity index (χ1) is 13.7. The van der Waals surface area contributed by atoms with Gasteiger partial charge < -0.3 is 20.9 Å². The molecule has 0 spiro atoms. The van der Waals surface area contributed by atoms with Crippen molar-refractivity contribution < 1.29 is 4.79 Å². The van der Waals surface area contributed by atoms with E-state index in [0.717, 1.165) is 62.7 Å². The SMILES string of the molecule is CN=C(NCCCn1cccn1)NCc1cccc(NC(=O)N2CCCC2)c1.I. The minimum atomic E-state index is -0.0164. The van der Waals surface area contributed by atoms with E-state index in [1.807, 2.05) is 46.1 Å². The third-order valence-electron chi connectivity index (χ3n) is 4.67. The zero-order valence-electron chi connectivity index (χ0n) is 16.8. The summed E-state index contributed by atoms with van der Waals surface area (Å²) in [5, 5.41) is 13.8. The molecule has 158 valence electrons. The number of nitrogens with one attached hydrogen (secondary N) is 3. The quantitative estimate of drug-likeness (QED) is 0.231. The number of carbonyl (C=O) groups excluding carboxylic acids is 1. The second kappa shape index (κ2) is 12.3. The number of rotatable bonds is 7. The van der Waals surface area contributed by atoms with Gasteiger partial charge in [0.25, 0.3) is 0 Å². The van der Waals surface area contributed by atoms with Gasteiger partial charge in [0.15, 0.2) is 5.96 Å². The van der Waals surface area contributed by atoms with Gasteiger partial charge in [0.1, 0.15) is 0 Å². The van der Waals surface area contributed by atoms with Crippen molar-refractivity contribution in [1.82, 2.24) is 25.3 Å². The third-order valence-corrected chi connectivity index (χ3v) is 4.67. The van der Waals surface area contributed by atoms with E-state index < -0.39 is 0 Å². The van der Waals surface area contributed by atoms with E-state index >= 15 is 0 Å². The third kappa shape index (κ3) is 7.56. The van der Waals surface area contributed by atoms with Crippen molar-refractivity contribution in [1.29, 1.82) is 0 Å². The summed E-state index contributed by atoms with van der Waals surface area (Å²) in [5.74, 6) is 0.756. The zero-order valence-corrected chi connectivity index (χ0v) is 19.1. The minimum Gasteiger partial charge on any atom is -0.356 e. The molecule has 2 aromatic rings. The van der Waals surface area contributed by atoms with Crippen molar-refractivity contribution >= 4 is 41.7 Å². The van der Waals surface area contributed by atoms with E-state index in [-0.39, 0.29) is 30.0 Å². The average Bonchev–Trinajstić information content (AvgIpc) is 3.42.